The third-order valence-corrected chi connectivity index (χ3v) is 8.61. The number of fused-ring (bicyclic) bond motifs is 5. The number of allylic oxidation sites excluding steroid dienone is 1. The van der Waals surface area contributed by atoms with Crippen molar-refractivity contribution in [2.24, 2.45) is 28.6 Å². The number of hydrogen-bond acceptors (Lipinski definition) is 3. The van der Waals surface area contributed by atoms with Crippen LogP contribution in [0.5, 0.6) is 0 Å². The summed E-state index contributed by atoms with van der Waals surface area (Å²) >= 11 is 0. The van der Waals surface area contributed by atoms with Gasteiger partial charge in [-0.1, -0.05) is 31.4 Å². The summed E-state index contributed by atoms with van der Waals surface area (Å²) in [6.07, 6.45) is 9.39. The van der Waals surface area contributed by atoms with Crippen molar-refractivity contribution in [2.45, 2.75) is 76.9 Å². The first-order valence-electron chi connectivity index (χ1n) is 10.1. The highest BCUT2D eigenvalue weighted by molar-refractivity contribution is 5.86. The second kappa shape index (κ2) is 5.84. The van der Waals surface area contributed by atoms with Crippen LogP contribution in [0.25, 0.3) is 0 Å². The van der Waals surface area contributed by atoms with Crippen molar-refractivity contribution in [3.63, 3.8) is 0 Å². The van der Waals surface area contributed by atoms with E-state index >= 15 is 0 Å². The summed E-state index contributed by atoms with van der Waals surface area (Å²) in [5, 5.41) is 30.2. The lowest BCUT2D eigenvalue weighted by Gasteiger charge is -2.58. The smallest absolute Gasteiger partial charge is 0.382 e. The predicted octanol–water partition coefficient (Wildman–Crippen LogP) is 3.13. The quantitative estimate of drug-likeness (QED) is 0.459. The van der Waals surface area contributed by atoms with Crippen molar-refractivity contribution in [1.29, 1.82) is 0 Å². The molecule has 3 N–H and O–H groups in total. The SMILES string of the molecule is C[C@@]12CC[C@H](O)CC1=CC[C@H]1[C@H]3CC[C@@](O)(C#CC(=O)O)[C@]3(C)CC[C@@H]12. The molecule has 26 heavy (non-hydrogen) atoms. The van der Waals surface area contributed by atoms with Gasteiger partial charge < -0.3 is 15.3 Å². The van der Waals surface area contributed by atoms with Crippen LogP contribution in [0.1, 0.15) is 65.2 Å². The van der Waals surface area contributed by atoms with Crippen LogP contribution in [0.15, 0.2) is 11.6 Å². The van der Waals surface area contributed by atoms with Crippen LogP contribution >= 0.6 is 0 Å². The second-order valence-corrected chi connectivity index (χ2v) is 9.57. The molecule has 0 amide bonds. The van der Waals surface area contributed by atoms with E-state index in [0.717, 1.165) is 44.9 Å². The molecule has 0 aromatic rings. The highest BCUT2D eigenvalue weighted by Gasteiger charge is 2.63. The van der Waals surface area contributed by atoms with Crippen LogP contribution in [0.4, 0.5) is 0 Å². The van der Waals surface area contributed by atoms with Crippen LogP contribution in [0.3, 0.4) is 0 Å². The molecule has 0 unspecified atom stereocenters. The minimum absolute atomic E-state index is 0.178. The first kappa shape index (κ1) is 18.1. The van der Waals surface area contributed by atoms with Gasteiger partial charge in [0.25, 0.3) is 0 Å². The number of carboxylic acids is 1. The highest BCUT2D eigenvalue weighted by Crippen LogP contribution is 2.67. The Morgan fingerprint density at radius 1 is 1.15 bits per heavy atom. The molecular weight excluding hydrogens is 328 g/mol. The standard InChI is InChI=1S/C22H30O4/c1-20-9-5-15(23)13-14(20)3-4-16-17(20)6-10-21(2)18(16)7-11-22(21,26)12-8-19(24)25/h3,15-18,23,26H,4-7,9-11,13H2,1-2H3,(H,24,25)/t15-,16+,17-,18+,20+,21+,22+/m0/s1. The lowest BCUT2D eigenvalue weighted by Crippen LogP contribution is -2.54. The maximum atomic E-state index is 11.2. The van der Waals surface area contributed by atoms with E-state index in [4.69, 9.17) is 5.11 Å². The van der Waals surface area contributed by atoms with E-state index in [0.29, 0.717) is 24.2 Å². The summed E-state index contributed by atoms with van der Waals surface area (Å²) < 4.78 is 0. The molecule has 0 aliphatic heterocycles. The van der Waals surface area contributed by atoms with Crippen molar-refractivity contribution in [3.8, 4) is 11.8 Å². The molecule has 0 bridgehead atoms. The van der Waals surface area contributed by atoms with Gasteiger partial charge in [0.2, 0.25) is 0 Å². The first-order valence-corrected chi connectivity index (χ1v) is 10.1. The number of hydrogen-bond donors (Lipinski definition) is 3. The van der Waals surface area contributed by atoms with E-state index in [2.05, 4.69) is 31.8 Å². The van der Waals surface area contributed by atoms with Crippen molar-refractivity contribution in [3.05, 3.63) is 11.6 Å². The summed E-state index contributed by atoms with van der Waals surface area (Å²) in [5.74, 6) is 5.26. The van der Waals surface area contributed by atoms with Crippen LogP contribution in [-0.4, -0.2) is 33.0 Å². The maximum Gasteiger partial charge on any atom is 0.382 e. The molecule has 4 heteroatoms. The lowest BCUT2D eigenvalue weighted by atomic mass is 9.47. The fourth-order valence-corrected chi connectivity index (χ4v) is 7.02. The van der Waals surface area contributed by atoms with Crippen molar-refractivity contribution in [2.75, 3.05) is 0 Å². The van der Waals surface area contributed by atoms with Gasteiger partial charge in [0.15, 0.2) is 0 Å². The molecule has 0 aromatic heterocycles. The van der Waals surface area contributed by atoms with E-state index < -0.39 is 11.6 Å². The number of aliphatic hydroxyl groups is 2. The molecule has 4 aliphatic rings. The summed E-state index contributed by atoms with van der Waals surface area (Å²) in [4.78, 5) is 10.9. The topological polar surface area (TPSA) is 77.8 Å². The Morgan fingerprint density at radius 2 is 1.88 bits per heavy atom. The van der Waals surface area contributed by atoms with Crippen LogP contribution in [0.2, 0.25) is 0 Å². The molecule has 7 atom stereocenters. The Balaban J connectivity index is 1.66. The summed E-state index contributed by atoms with van der Waals surface area (Å²) in [6.45, 7) is 4.51. The molecule has 142 valence electrons. The van der Waals surface area contributed by atoms with Gasteiger partial charge in [-0.15, -0.1) is 0 Å². The number of carboxylic acid groups (broad SMARTS) is 1. The maximum absolute atomic E-state index is 11.2. The van der Waals surface area contributed by atoms with Crippen LogP contribution in [0, 0.1) is 40.4 Å². The number of carbonyl (C=O) groups is 1. The van der Waals surface area contributed by atoms with Gasteiger partial charge in [0, 0.05) is 11.3 Å². The van der Waals surface area contributed by atoms with Crippen molar-refractivity contribution in [1.82, 2.24) is 0 Å². The normalized spacial score (nSPS) is 49.8. The summed E-state index contributed by atoms with van der Waals surface area (Å²) in [6, 6.07) is 0. The van der Waals surface area contributed by atoms with E-state index in [1.807, 2.05) is 0 Å². The molecule has 0 heterocycles. The molecule has 0 saturated heterocycles. The summed E-state index contributed by atoms with van der Waals surface area (Å²) in [5.41, 5.74) is 0.109. The second-order valence-electron chi connectivity index (χ2n) is 9.57. The molecule has 4 nitrogen and oxygen atoms in total. The van der Waals surface area contributed by atoms with Gasteiger partial charge in [0.05, 0.1) is 6.10 Å². The lowest BCUT2D eigenvalue weighted by molar-refractivity contribution is -0.130. The zero-order valence-electron chi connectivity index (χ0n) is 15.8. The monoisotopic (exact) mass is 358 g/mol. The van der Waals surface area contributed by atoms with Crippen molar-refractivity contribution < 1.29 is 20.1 Å². The molecule has 3 fully saturated rings. The third-order valence-electron chi connectivity index (χ3n) is 8.61. The van der Waals surface area contributed by atoms with E-state index in [9.17, 15) is 15.0 Å². The molecule has 4 rings (SSSR count). The Bertz CT molecular complexity index is 715. The molecule has 0 aromatic carbocycles. The fourth-order valence-electron chi connectivity index (χ4n) is 7.02. The average Bonchev–Trinajstić information content (AvgIpc) is 2.86. The van der Waals surface area contributed by atoms with E-state index in [1.54, 1.807) is 0 Å². The molecule has 3 saturated carbocycles. The Kier molecular flexibility index (Phi) is 4.06. The Morgan fingerprint density at radius 3 is 2.62 bits per heavy atom. The van der Waals surface area contributed by atoms with Gasteiger partial charge in [-0.05, 0) is 74.5 Å². The van der Waals surface area contributed by atoms with Crippen LogP contribution in [-0.2, 0) is 4.79 Å². The largest absolute Gasteiger partial charge is 0.472 e. The van der Waals surface area contributed by atoms with E-state index in [1.165, 1.54) is 5.57 Å². The Hall–Kier alpha value is -1.31. The summed E-state index contributed by atoms with van der Waals surface area (Å²) in [7, 11) is 0. The predicted molar refractivity (Wildman–Crippen MR) is 98.1 cm³/mol. The van der Waals surface area contributed by atoms with Gasteiger partial charge in [-0.3, -0.25) is 0 Å². The van der Waals surface area contributed by atoms with Gasteiger partial charge >= 0.3 is 5.97 Å². The molecular formula is C22H30O4. The highest BCUT2D eigenvalue weighted by atomic mass is 16.4. The van der Waals surface area contributed by atoms with Gasteiger partial charge in [-0.2, -0.15) is 0 Å². The Labute approximate surface area is 155 Å². The van der Waals surface area contributed by atoms with Gasteiger partial charge in [0.1, 0.15) is 5.60 Å². The number of aliphatic carboxylic acids is 1. The molecule has 4 aliphatic carbocycles. The minimum Gasteiger partial charge on any atom is -0.472 e. The minimum atomic E-state index is -1.19. The first-order chi connectivity index (χ1) is 12.2. The number of rotatable bonds is 0. The average molecular weight is 358 g/mol. The zero-order valence-corrected chi connectivity index (χ0v) is 15.8. The van der Waals surface area contributed by atoms with Crippen molar-refractivity contribution >= 4 is 5.97 Å². The fraction of sp³-hybridized carbons (Fsp3) is 0.773. The molecule has 0 spiro atoms. The third kappa shape index (κ3) is 2.40. The zero-order chi connectivity index (χ0) is 18.7. The van der Waals surface area contributed by atoms with Crippen LogP contribution < -0.4 is 0 Å². The van der Waals surface area contributed by atoms with Gasteiger partial charge in [-0.25, -0.2) is 4.79 Å². The number of aliphatic hydroxyl groups excluding tert-OH is 1. The molecule has 0 radical (unpaired) electrons. The van der Waals surface area contributed by atoms with E-state index in [-0.39, 0.29) is 16.9 Å².